The smallest absolute Gasteiger partial charge is 0.261 e. The maximum absolute atomic E-state index is 12.5. The minimum absolute atomic E-state index is 0.219. The standard InChI is InChI=1S/C19H28N2O2S/c1-14(2)12-13-23-17-11-7-6-10-16(17)18(22)21-19(24)20-15-8-4-3-5-9-15/h6-7,10-11,14-15H,3-5,8-9,12-13H2,1-2H3,(H2,20,21,22,24). The van der Waals surface area contributed by atoms with Crippen LogP contribution in [-0.4, -0.2) is 23.7 Å². The van der Waals surface area contributed by atoms with Gasteiger partial charge in [0.1, 0.15) is 5.75 Å². The average molecular weight is 349 g/mol. The second kappa shape index (κ2) is 9.62. The number of ether oxygens (including phenoxy) is 1. The molecule has 5 heteroatoms. The zero-order valence-corrected chi connectivity index (χ0v) is 15.5. The predicted octanol–water partition coefficient (Wildman–Crippen LogP) is 4.05. The number of rotatable bonds is 6. The monoisotopic (exact) mass is 348 g/mol. The topological polar surface area (TPSA) is 50.4 Å². The summed E-state index contributed by atoms with van der Waals surface area (Å²) in [6.07, 6.45) is 6.92. The van der Waals surface area contributed by atoms with Crippen LogP contribution in [0.3, 0.4) is 0 Å². The lowest BCUT2D eigenvalue weighted by atomic mass is 9.96. The minimum Gasteiger partial charge on any atom is -0.493 e. The summed E-state index contributed by atoms with van der Waals surface area (Å²) in [6.45, 7) is 4.90. The molecule has 1 aromatic carbocycles. The van der Waals surface area contributed by atoms with Gasteiger partial charge in [-0.2, -0.15) is 0 Å². The molecule has 1 aliphatic rings. The van der Waals surface area contributed by atoms with Crippen LogP contribution in [0.4, 0.5) is 0 Å². The van der Waals surface area contributed by atoms with Crippen molar-refractivity contribution in [2.24, 2.45) is 5.92 Å². The van der Waals surface area contributed by atoms with E-state index in [-0.39, 0.29) is 5.91 Å². The summed E-state index contributed by atoms with van der Waals surface area (Å²) < 4.78 is 5.78. The van der Waals surface area contributed by atoms with E-state index >= 15 is 0 Å². The van der Waals surface area contributed by atoms with Gasteiger partial charge in [-0.05, 0) is 49.5 Å². The molecule has 0 heterocycles. The van der Waals surface area contributed by atoms with Gasteiger partial charge in [0.2, 0.25) is 0 Å². The SMILES string of the molecule is CC(C)CCOc1ccccc1C(=O)NC(=S)NC1CCCCC1. The fraction of sp³-hybridized carbons (Fsp3) is 0.579. The number of carbonyl (C=O) groups excluding carboxylic acids is 1. The summed E-state index contributed by atoms with van der Waals surface area (Å²) in [7, 11) is 0. The molecule has 0 radical (unpaired) electrons. The Kier molecular flexibility index (Phi) is 7.50. The van der Waals surface area contributed by atoms with Crippen molar-refractivity contribution in [3.8, 4) is 5.75 Å². The van der Waals surface area contributed by atoms with Crippen molar-refractivity contribution in [2.45, 2.75) is 58.4 Å². The van der Waals surface area contributed by atoms with E-state index in [0.717, 1.165) is 19.3 Å². The number of hydrogen-bond donors (Lipinski definition) is 2. The molecule has 132 valence electrons. The number of carbonyl (C=O) groups is 1. The van der Waals surface area contributed by atoms with Crippen LogP contribution in [0.1, 0.15) is 62.7 Å². The van der Waals surface area contributed by atoms with Crippen molar-refractivity contribution in [1.29, 1.82) is 0 Å². The Morgan fingerprint density at radius 3 is 2.67 bits per heavy atom. The largest absolute Gasteiger partial charge is 0.493 e. The second-order valence-corrected chi connectivity index (χ2v) is 7.20. The third-order valence-electron chi connectivity index (χ3n) is 4.25. The number of nitrogens with one attached hydrogen (secondary N) is 2. The molecule has 0 atom stereocenters. The molecule has 0 bridgehead atoms. The zero-order valence-electron chi connectivity index (χ0n) is 14.6. The van der Waals surface area contributed by atoms with Gasteiger partial charge in [-0.1, -0.05) is 45.2 Å². The molecular formula is C19H28N2O2S. The van der Waals surface area contributed by atoms with Gasteiger partial charge in [-0.15, -0.1) is 0 Å². The highest BCUT2D eigenvalue weighted by molar-refractivity contribution is 7.80. The van der Waals surface area contributed by atoms with E-state index in [1.54, 1.807) is 6.07 Å². The first kappa shape index (κ1) is 18.7. The fourth-order valence-corrected chi connectivity index (χ4v) is 3.08. The van der Waals surface area contributed by atoms with Crippen molar-refractivity contribution in [2.75, 3.05) is 6.61 Å². The van der Waals surface area contributed by atoms with Gasteiger partial charge < -0.3 is 10.1 Å². The van der Waals surface area contributed by atoms with Gasteiger partial charge >= 0.3 is 0 Å². The normalized spacial score (nSPS) is 15.1. The van der Waals surface area contributed by atoms with E-state index in [1.807, 2.05) is 18.2 Å². The van der Waals surface area contributed by atoms with Gasteiger partial charge in [0.15, 0.2) is 5.11 Å². The molecule has 1 aliphatic carbocycles. The first-order valence-electron chi connectivity index (χ1n) is 8.90. The van der Waals surface area contributed by atoms with E-state index in [2.05, 4.69) is 24.5 Å². The summed E-state index contributed by atoms with van der Waals surface area (Å²) in [5, 5.41) is 6.45. The lowest BCUT2D eigenvalue weighted by molar-refractivity contribution is 0.0972. The van der Waals surface area contributed by atoms with Crippen LogP contribution < -0.4 is 15.4 Å². The maximum Gasteiger partial charge on any atom is 0.261 e. The van der Waals surface area contributed by atoms with Crippen molar-refractivity contribution in [1.82, 2.24) is 10.6 Å². The van der Waals surface area contributed by atoms with Crippen LogP contribution in [0.5, 0.6) is 5.75 Å². The summed E-state index contributed by atoms with van der Waals surface area (Å²) >= 11 is 5.29. The van der Waals surface area contributed by atoms with E-state index in [9.17, 15) is 4.79 Å². The molecule has 0 spiro atoms. The number of thiocarbonyl (C=S) groups is 1. The van der Waals surface area contributed by atoms with Gasteiger partial charge in [-0.25, -0.2) is 0 Å². The summed E-state index contributed by atoms with van der Waals surface area (Å²) in [5.41, 5.74) is 0.522. The van der Waals surface area contributed by atoms with Gasteiger partial charge in [0.05, 0.1) is 12.2 Å². The third-order valence-corrected chi connectivity index (χ3v) is 4.47. The molecule has 0 saturated heterocycles. The highest BCUT2D eigenvalue weighted by Crippen LogP contribution is 2.19. The number of hydrogen-bond acceptors (Lipinski definition) is 3. The van der Waals surface area contributed by atoms with Crippen LogP contribution in [0.2, 0.25) is 0 Å². The number of para-hydroxylation sites is 1. The van der Waals surface area contributed by atoms with Gasteiger partial charge in [-0.3, -0.25) is 10.1 Å². The molecule has 1 amide bonds. The molecule has 2 N–H and O–H groups in total. The van der Waals surface area contributed by atoms with Crippen LogP contribution in [0, 0.1) is 5.92 Å². The maximum atomic E-state index is 12.5. The van der Waals surface area contributed by atoms with Crippen LogP contribution in [0.25, 0.3) is 0 Å². The zero-order chi connectivity index (χ0) is 17.4. The van der Waals surface area contributed by atoms with Crippen molar-refractivity contribution in [3.05, 3.63) is 29.8 Å². The molecule has 0 aromatic heterocycles. The molecule has 24 heavy (non-hydrogen) atoms. The molecule has 1 fully saturated rings. The average Bonchev–Trinajstić information content (AvgIpc) is 2.55. The molecule has 2 rings (SSSR count). The lowest BCUT2D eigenvalue weighted by Gasteiger charge is -2.24. The molecule has 1 saturated carbocycles. The Balaban J connectivity index is 1.89. The summed E-state index contributed by atoms with van der Waals surface area (Å²) in [4.78, 5) is 12.5. The molecule has 4 nitrogen and oxygen atoms in total. The summed E-state index contributed by atoms with van der Waals surface area (Å²) in [5.74, 6) is 0.956. The van der Waals surface area contributed by atoms with E-state index in [1.165, 1.54) is 19.3 Å². The first-order valence-corrected chi connectivity index (χ1v) is 9.30. The highest BCUT2D eigenvalue weighted by Gasteiger charge is 2.17. The predicted molar refractivity (Wildman–Crippen MR) is 101 cm³/mol. The third kappa shape index (κ3) is 6.11. The van der Waals surface area contributed by atoms with E-state index in [4.69, 9.17) is 17.0 Å². The van der Waals surface area contributed by atoms with Gasteiger partial charge in [0, 0.05) is 6.04 Å². The second-order valence-electron chi connectivity index (χ2n) is 6.79. The van der Waals surface area contributed by atoms with E-state index in [0.29, 0.717) is 35.0 Å². The number of amides is 1. The molecular weight excluding hydrogens is 320 g/mol. The molecule has 0 unspecified atom stereocenters. The quantitative estimate of drug-likeness (QED) is 0.762. The number of benzene rings is 1. The molecule has 0 aliphatic heterocycles. The Morgan fingerprint density at radius 2 is 1.96 bits per heavy atom. The van der Waals surface area contributed by atoms with Crippen LogP contribution in [-0.2, 0) is 0 Å². The first-order chi connectivity index (χ1) is 11.6. The lowest BCUT2D eigenvalue weighted by Crippen LogP contribution is -2.45. The fourth-order valence-electron chi connectivity index (χ4n) is 2.82. The summed E-state index contributed by atoms with van der Waals surface area (Å²) in [6, 6.07) is 7.68. The Morgan fingerprint density at radius 1 is 1.25 bits per heavy atom. The van der Waals surface area contributed by atoms with Crippen molar-refractivity contribution < 1.29 is 9.53 Å². The van der Waals surface area contributed by atoms with Gasteiger partial charge in [0.25, 0.3) is 5.91 Å². The van der Waals surface area contributed by atoms with Crippen LogP contribution in [0.15, 0.2) is 24.3 Å². The Hall–Kier alpha value is -1.62. The molecule has 1 aromatic rings. The Labute approximate surface area is 150 Å². The minimum atomic E-state index is -0.219. The van der Waals surface area contributed by atoms with E-state index < -0.39 is 0 Å². The highest BCUT2D eigenvalue weighted by atomic mass is 32.1. The van der Waals surface area contributed by atoms with Crippen LogP contribution >= 0.6 is 12.2 Å². The van der Waals surface area contributed by atoms with Crippen molar-refractivity contribution >= 4 is 23.2 Å². The van der Waals surface area contributed by atoms with Crippen molar-refractivity contribution in [3.63, 3.8) is 0 Å². The Bertz CT molecular complexity index is 554.